The highest BCUT2D eigenvalue weighted by Crippen LogP contribution is 2.29. The van der Waals surface area contributed by atoms with Crippen LogP contribution in [0.3, 0.4) is 0 Å². The molecule has 0 bridgehead atoms. The van der Waals surface area contributed by atoms with Crippen molar-refractivity contribution in [2.24, 2.45) is 0 Å². The second kappa shape index (κ2) is 9.19. The molecule has 0 aliphatic carbocycles. The summed E-state index contributed by atoms with van der Waals surface area (Å²) in [6, 6.07) is 11.0. The number of hydrogen-bond acceptors (Lipinski definition) is 5. The number of fused-ring (bicyclic) bond motifs is 1. The minimum Gasteiger partial charge on any atom is -0.385 e. The van der Waals surface area contributed by atoms with Crippen LogP contribution >= 0.6 is 0 Å². The number of anilines is 1. The average molecular weight is 416 g/mol. The zero-order chi connectivity index (χ0) is 20.9. The van der Waals surface area contributed by atoms with Gasteiger partial charge in [-0.05, 0) is 48.2 Å². The van der Waals surface area contributed by atoms with Crippen molar-refractivity contribution in [3.05, 3.63) is 48.3 Å². The van der Waals surface area contributed by atoms with E-state index < -0.39 is 10.0 Å². The summed E-state index contributed by atoms with van der Waals surface area (Å²) in [5.41, 5.74) is 3.98. The van der Waals surface area contributed by atoms with Crippen LogP contribution in [0.2, 0.25) is 0 Å². The van der Waals surface area contributed by atoms with Gasteiger partial charge in [0.15, 0.2) is 0 Å². The van der Waals surface area contributed by atoms with Crippen LogP contribution in [0.4, 0.5) is 5.69 Å². The molecule has 29 heavy (non-hydrogen) atoms. The summed E-state index contributed by atoms with van der Waals surface area (Å²) in [7, 11) is -1.65. The second-order valence-corrected chi connectivity index (χ2v) is 8.78. The molecule has 0 radical (unpaired) electrons. The fourth-order valence-corrected chi connectivity index (χ4v) is 3.79. The van der Waals surface area contributed by atoms with E-state index in [9.17, 15) is 13.2 Å². The van der Waals surface area contributed by atoms with Gasteiger partial charge >= 0.3 is 0 Å². The quantitative estimate of drug-likeness (QED) is 0.493. The van der Waals surface area contributed by atoms with Crippen molar-refractivity contribution in [2.45, 2.75) is 25.7 Å². The number of pyridine rings is 1. The lowest BCUT2D eigenvalue weighted by Gasteiger charge is -2.06. The van der Waals surface area contributed by atoms with Crippen molar-refractivity contribution < 1.29 is 17.9 Å². The number of unbranched alkanes of at least 4 members (excludes halogenated alkanes) is 1. The lowest BCUT2D eigenvalue weighted by molar-refractivity contribution is -0.118. The van der Waals surface area contributed by atoms with E-state index in [2.05, 4.69) is 14.7 Å². The van der Waals surface area contributed by atoms with E-state index in [1.807, 2.05) is 24.3 Å². The molecule has 2 N–H and O–H groups in total. The van der Waals surface area contributed by atoms with Crippen LogP contribution in [0, 0.1) is 0 Å². The molecule has 7 nitrogen and oxygen atoms in total. The predicted octanol–water partition coefficient (Wildman–Crippen LogP) is 3.53. The van der Waals surface area contributed by atoms with Gasteiger partial charge in [-0.2, -0.15) is 0 Å². The third-order valence-electron chi connectivity index (χ3n) is 4.53. The Morgan fingerprint density at radius 2 is 1.93 bits per heavy atom. The second-order valence-electron chi connectivity index (χ2n) is 7.03. The first-order valence-corrected chi connectivity index (χ1v) is 11.3. The summed E-state index contributed by atoms with van der Waals surface area (Å²) < 4.78 is 30.2. The predicted molar refractivity (Wildman–Crippen MR) is 114 cm³/mol. The summed E-state index contributed by atoms with van der Waals surface area (Å²) in [6.45, 7) is 0.672. The Morgan fingerprint density at radius 3 is 2.62 bits per heavy atom. The number of Topliss-reactive ketones (excluding diaryl/α,β-unsaturated/α-hetero) is 1. The molecule has 0 saturated heterocycles. The highest BCUT2D eigenvalue weighted by atomic mass is 32.2. The van der Waals surface area contributed by atoms with Gasteiger partial charge in [-0.1, -0.05) is 12.1 Å². The van der Waals surface area contributed by atoms with E-state index in [0.717, 1.165) is 47.0 Å². The third kappa shape index (κ3) is 5.88. The monoisotopic (exact) mass is 415 g/mol. The first-order valence-electron chi connectivity index (χ1n) is 9.41. The molecule has 1 aromatic carbocycles. The maximum Gasteiger partial charge on any atom is 0.229 e. The fourth-order valence-electron chi connectivity index (χ4n) is 3.23. The molecule has 0 spiro atoms. The lowest BCUT2D eigenvalue weighted by Crippen LogP contribution is -2.09. The molecule has 2 heterocycles. The summed E-state index contributed by atoms with van der Waals surface area (Å²) in [6.07, 6.45) is 5.42. The van der Waals surface area contributed by atoms with E-state index >= 15 is 0 Å². The highest BCUT2D eigenvalue weighted by molar-refractivity contribution is 7.92. The minimum absolute atomic E-state index is 0.186. The highest BCUT2D eigenvalue weighted by Gasteiger charge is 2.11. The molecule has 0 aliphatic rings. The summed E-state index contributed by atoms with van der Waals surface area (Å²) in [5, 5.41) is 0.929. The molecule has 0 saturated carbocycles. The Hall–Kier alpha value is -2.71. The Morgan fingerprint density at radius 1 is 1.17 bits per heavy atom. The smallest absolute Gasteiger partial charge is 0.229 e. The van der Waals surface area contributed by atoms with Gasteiger partial charge in [0.2, 0.25) is 10.0 Å². The van der Waals surface area contributed by atoms with Gasteiger partial charge in [-0.3, -0.25) is 9.52 Å². The number of methoxy groups -OCH3 is 1. The van der Waals surface area contributed by atoms with Gasteiger partial charge in [0, 0.05) is 49.5 Å². The zero-order valence-corrected chi connectivity index (χ0v) is 17.4. The van der Waals surface area contributed by atoms with Crippen LogP contribution < -0.4 is 4.72 Å². The van der Waals surface area contributed by atoms with Crippen molar-refractivity contribution in [3.63, 3.8) is 0 Å². The van der Waals surface area contributed by atoms with Crippen LogP contribution in [-0.2, 0) is 26.0 Å². The van der Waals surface area contributed by atoms with Gasteiger partial charge < -0.3 is 9.72 Å². The number of carbonyl (C=O) groups excluding carboxylic acids is 1. The maximum absolute atomic E-state index is 12.2. The van der Waals surface area contributed by atoms with E-state index in [4.69, 9.17) is 4.74 Å². The molecule has 0 amide bonds. The number of ketones is 1. The van der Waals surface area contributed by atoms with Crippen LogP contribution in [0.25, 0.3) is 22.2 Å². The number of aromatic nitrogens is 2. The van der Waals surface area contributed by atoms with Gasteiger partial charge in [-0.25, -0.2) is 13.4 Å². The van der Waals surface area contributed by atoms with Crippen LogP contribution in [0.1, 0.15) is 25.0 Å². The summed E-state index contributed by atoms with van der Waals surface area (Å²) in [4.78, 5) is 19.8. The van der Waals surface area contributed by atoms with E-state index in [-0.39, 0.29) is 5.78 Å². The van der Waals surface area contributed by atoms with Crippen molar-refractivity contribution in [1.29, 1.82) is 0 Å². The SMILES string of the molecule is COCCCCC(=O)Cc1cc2c(-c3ccc(NS(C)(=O)=O)cc3)ccnc2[nH]1. The number of ether oxygens (including phenoxy) is 1. The average Bonchev–Trinajstić information content (AvgIpc) is 3.07. The number of nitrogens with one attached hydrogen (secondary N) is 2. The lowest BCUT2D eigenvalue weighted by atomic mass is 10.0. The summed E-state index contributed by atoms with van der Waals surface area (Å²) >= 11 is 0. The molecule has 0 fully saturated rings. The van der Waals surface area contributed by atoms with Crippen LogP contribution in [-0.4, -0.2) is 44.1 Å². The van der Waals surface area contributed by atoms with Gasteiger partial charge in [0.05, 0.1) is 6.26 Å². The van der Waals surface area contributed by atoms with Gasteiger partial charge in [0.25, 0.3) is 0 Å². The molecular weight excluding hydrogens is 390 g/mol. The van der Waals surface area contributed by atoms with E-state index in [0.29, 0.717) is 25.1 Å². The van der Waals surface area contributed by atoms with Crippen molar-refractivity contribution in [2.75, 3.05) is 24.7 Å². The third-order valence-corrected chi connectivity index (χ3v) is 5.13. The number of aromatic amines is 1. The Kier molecular flexibility index (Phi) is 6.66. The van der Waals surface area contributed by atoms with Crippen molar-refractivity contribution in [3.8, 4) is 11.1 Å². The normalized spacial score (nSPS) is 11.7. The van der Waals surface area contributed by atoms with E-state index in [1.54, 1.807) is 25.4 Å². The molecule has 0 unspecified atom stereocenters. The van der Waals surface area contributed by atoms with Gasteiger partial charge in [0.1, 0.15) is 11.4 Å². The minimum atomic E-state index is -3.31. The topological polar surface area (TPSA) is 101 Å². The van der Waals surface area contributed by atoms with Crippen molar-refractivity contribution in [1.82, 2.24) is 9.97 Å². The molecule has 8 heteroatoms. The van der Waals surface area contributed by atoms with Crippen LogP contribution in [0.15, 0.2) is 42.6 Å². The summed E-state index contributed by atoms with van der Waals surface area (Å²) in [5.74, 6) is 0.186. The molecule has 0 atom stereocenters. The molecule has 3 aromatic rings. The number of sulfonamides is 1. The van der Waals surface area contributed by atoms with E-state index in [1.165, 1.54) is 0 Å². The Balaban J connectivity index is 1.77. The van der Waals surface area contributed by atoms with Crippen molar-refractivity contribution >= 4 is 32.5 Å². The number of carbonyl (C=O) groups is 1. The standard InChI is InChI=1S/C21H25N3O4S/c1-28-12-4-3-5-18(25)13-17-14-20-19(10-11-22-21(20)23-17)15-6-8-16(9-7-15)24-29(2,26)27/h6-11,14,24H,3-5,12-13H2,1-2H3,(H,22,23). The number of hydrogen-bond donors (Lipinski definition) is 2. The molecular formula is C21H25N3O4S. The van der Waals surface area contributed by atoms with Crippen LogP contribution in [0.5, 0.6) is 0 Å². The largest absolute Gasteiger partial charge is 0.385 e. The zero-order valence-electron chi connectivity index (χ0n) is 16.6. The Bertz CT molecular complexity index is 1090. The molecule has 3 rings (SSSR count). The Labute approximate surface area is 170 Å². The first kappa shape index (κ1) is 21.0. The molecule has 0 aliphatic heterocycles. The fraction of sp³-hybridized carbons (Fsp3) is 0.333. The number of nitrogens with zero attached hydrogens (tertiary/aromatic N) is 1. The first-order chi connectivity index (χ1) is 13.9. The molecule has 154 valence electrons. The molecule has 2 aromatic heterocycles. The number of benzene rings is 1. The number of rotatable bonds is 10. The maximum atomic E-state index is 12.2. The van der Waals surface area contributed by atoms with Gasteiger partial charge in [-0.15, -0.1) is 0 Å². The number of H-pyrrole nitrogens is 1.